The van der Waals surface area contributed by atoms with Gasteiger partial charge in [-0.3, -0.25) is 4.79 Å². The van der Waals surface area contributed by atoms with E-state index in [2.05, 4.69) is 15.5 Å². The predicted molar refractivity (Wildman–Crippen MR) is 111 cm³/mol. The summed E-state index contributed by atoms with van der Waals surface area (Å²) in [5.41, 5.74) is 2.62. The Morgan fingerprint density at radius 3 is 2.70 bits per heavy atom. The molecule has 1 amide bonds. The topological polar surface area (TPSA) is 59.8 Å². The smallest absolute Gasteiger partial charge is 0.221 e. The van der Waals surface area contributed by atoms with E-state index in [0.29, 0.717) is 15.8 Å². The van der Waals surface area contributed by atoms with Crippen molar-refractivity contribution in [3.8, 4) is 11.4 Å². The van der Waals surface area contributed by atoms with E-state index >= 15 is 0 Å². The molecule has 27 heavy (non-hydrogen) atoms. The van der Waals surface area contributed by atoms with Crippen LogP contribution in [0.3, 0.4) is 0 Å². The molecule has 3 aromatic rings. The lowest BCUT2D eigenvalue weighted by atomic mass is 10.2. The van der Waals surface area contributed by atoms with Gasteiger partial charge in [0.25, 0.3) is 0 Å². The maximum atomic E-state index is 11.3. The van der Waals surface area contributed by atoms with E-state index in [4.69, 9.17) is 23.2 Å². The molecule has 0 saturated carbocycles. The largest absolute Gasteiger partial charge is 0.326 e. The number of hydrogen-bond acceptors (Lipinski definition) is 4. The number of halogens is 2. The summed E-state index contributed by atoms with van der Waals surface area (Å²) in [7, 11) is 0. The average molecular weight is 421 g/mol. The zero-order chi connectivity index (χ0) is 19.4. The van der Waals surface area contributed by atoms with Crippen molar-refractivity contribution in [2.75, 3.05) is 5.32 Å². The van der Waals surface area contributed by atoms with E-state index in [9.17, 15) is 4.79 Å². The monoisotopic (exact) mass is 420 g/mol. The standard InChI is InChI=1S/C19H18Cl2N4OS/c1-3-25-18(13-5-4-6-16(9-13)22-12(2)26)23-24-19(25)27-11-14-7-8-15(20)10-17(14)21/h4-10H,3,11H2,1-2H3,(H,22,26). The molecule has 3 rings (SSSR count). The van der Waals surface area contributed by atoms with E-state index < -0.39 is 0 Å². The van der Waals surface area contributed by atoms with Gasteiger partial charge in [-0.15, -0.1) is 10.2 Å². The van der Waals surface area contributed by atoms with Crippen molar-refractivity contribution in [2.45, 2.75) is 31.3 Å². The maximum absolute atomic E-state index is 11.3. The van der Waals surface area contributed by atoms with Gasteiger partial charge in [-0.1, -0.05) is 53.2 Å². The number of rotatable bonds is 6. The van der Waals surface area contributed by atoms with Crippen molar-refractivity contribution in [1.29, 1.82) is 0 Å². The third-order valence-corrected chi connectivity index (χ3v) is 5.45. The molecule has 0 unspecified atom stereocenters. The number of hydrogen-bond donors (Lipinski definition) is 1. The first-order chi connectivity index (χ1) is 13.0. The fourth-order valence-electron chi connectivity index (χ4n) is 2.61. The van der Waals surface area contributed by atoms with E-state index in [0.717, 1.165) is 34.3 Å². The molecular weight excluding hydrogens is 403 g/mol. The van der Waals surface area contributed by atoms with Crippen molar-refractivity contribution in [1.82, 2.24) is 14.8 Å². The van der Waals surface area contributed by atoms with Crippen LogP contribution in [0.5, 0.6) is 0 Å². The van der Waals surface area contributed by atoms with Crippen LogP contribution < -0.4 is 5.32 Å². The predicted octanol–water partition coefficient (Wildman–Crippen LogP) is 5.52. The molecule has 8 heteroatoms. The Hall–Kier alpha value is -2.02. The fraction of sp³-hybridized carbons (Fsp3) is 0.211. The number of thioether (sulfide) groups is 1. The minimum atomic E-state index is -0.111. The molecular formula is C19H18Cl2N4OS. The minimum Gasteiger partial charge on any atom is -0.326 e. The van der Waals surface area contributed by atoms with Gasteiger partial charge in [-0.25, -0.2) is 0 Å². The third kappa shape index (κ3) is 4.83. The number of aromatic nitrogens is 3. The molecule has 5 nitrogen and oxygen atoms in total. The van der Waals surface area contributed by atoms with Crippen LogP contribution in [0.25, 0.3) is 11.4 Å². The van der Waals surface area contributed by atoms with Crippen LogP contribution in [0.1, 0.15) is 19.4 Å². The maximum Gasteiger partial charge on any atom is 0.221 e. The number of carbonyl (C=O) groups is 1. The van der Waals surface area contributed by atoms with Gasteiger partial charge < -0.3 is 9.88 Å². The summed E-state index contributed by atoms with van der Waals surface area (Å²) >= 11 is 13.8. The Balaban J connectivity index is 1.83. The molecule has 2 aromatic carbocycles. The molecule has 0 aliphatic carbocycles. The second-order valence-electron chi connectivity index (χ2n) is 5.84. The molecule has 0 aliphatic heterocycles. The Bertz CT molecular complexity index is 974. The van der Waals surface area contributed by atoms with Gasteiger partial charge >= 0.3 is 0 Å². The van der Waals surface area contributed by atoms with Gasteiger partial charge in [-0.2, -0.15) is 0 Å². The molecule has 1 aromatic heterocycles. The minimum absolute atomic E-state index is 0.111. The van der Waals surface area contributed by atoms with E-state index in [1.165, 1.54) is 6.92 Å². The molecule has 140 valence electrons. The molecule has 0 atom stereocenters. The van der Waals surface area contributed by atoms with Crippen molar-refractivity contribution < 1.29 is 4.79 Å². The highest BCUT2D eigenvalue weighted by atomic mass is 35.5. The Kier molecular flexibility index (Phi) is 6.42. The summed E-state index contributed by atoms with van der Waals surface area (Å²) in [5, 5.41) is 13.5. The molecule has 0 spiro atoms. The second-order valence-corrected chi connectivity index (χ2v) is 7.62. The molecule has 0 fully saturated rings. The van der Waals surface area contributed by atoms with Crippen molar-refractivity contribution in [2.24, 2.45) is 0 Å². The Morgan fingerprint density at radius 1 is 1.19 bits per heavy atom. The SMILES string of the molecule is CCn1c(SCc2ccc(Cl)cc2Cl)nnc1-c1cccc(NC(C)=O)c1. The molecule has 0 aliphatic rings. The highest BCUT2D eigenvalue weighted by Gasteiger charge is 2.14. The number of carbonyl (C=O) groups excluding carboxylic acids is 1. The molecule has 0 radical (unpaired) electrons. The zero-order valence-electron chi connectivity index (χ0n) is 14.9. The average Bonchev–Trinajstić information content (AvgIpc) is 3.03. The number of amides is 1. The summed E-state index contributed by atoms with van der Waals surface area (Å²) in [6.45, 7) is 4.26. The zero-order valence-corrected chi connectivity index (χ0v) is 17.2. The summed E-state index contributed by atoms with van der Waals surface area (Å²) in [6, 6.07) is 13.1. The van der Waals surface area contributed by atoms with Gasteiger partial charge in [-0.05, 0) is 36.8 Å². The van der Waals surface area contributed by atoms with Gasteiger partial charge in [0.15, 0.2) is 11.0 Å². The van der Waals surface area contributed by atoms with Crippen molar-refractivity contribution >= 4 is 46.6 Å². The number of anilines is 1. The van der Waals surface area contributed by atoms with E-state index in [1.54, 1.807) is 17.8 Å². The Morgan fingerprint density at radius 2 is 2.00 bits per heavy atom. The lowest BCUT2D eigenvalue weighted by Gasteiger charge is -2.09. The first kappa shape index (κ1) is 19.7. The summed E-state index contributed by atoms with van der Waals surface area (Å²) in [5.74, 6) is 1.31. The molecule has 1 N–H and O–H groups in total. The van der Waals surface area contributed by atoms with Crippen LogP contribution in [-0.4, -0.2) is 20.7 Å². The molecule has 0 saturated heterocycles. The van der Waals surface area contributed by atoms with Crippen LogP contribution in [0.2, 0.25) is 10.0 Å². The first-order valence-corrected chi connectivity index (χ1v) is 10.1. The van der Waals surface area contributed by atoms with Gasteiger partial charge in [0.1, 0.15) is 0 Å². The number of nitrogens with zero attached hydrogens (tertiary/aromatic N) is 3. The summed E-state index contributed by atoms with van der Waals surface area (Å²) in [6.07, 6.45) is 0. The van der Waals surface area contributed by atoms with Crippen LogP contribution in [-0.2, 0) is 17.1 Å². The highest BCUT2D eigenvalue weighted by molar-refractivity contribution is 7.98. The third-order valence-electron chi connectivity index (χ3n) is 3.85. The second kappa shape index (κ2) is 8.78. The summed E-state index contributed by atoms with van der Waals surface area (Å²) < 4.78 is 2.04. The van der Waals surface area contributed by atoms with Crippen LogP contribution in [0.4, 0.5) is 5.69 Å². The molecule has 1 heterocycles. The van der Waals surface area contributed by atoms with E-state index in [1.807, 2.05) is 47.9 Å². The van der Waals surface area contributed by atoms with E-state index in [-0.39, 0.29) is 5.91 Å². The highest BCUT2D eigenvalue weighted by Crippen LogP contribution is 2.30. The van der Waals surface area contributed by atoms with Gasteiger partial charge in [0, 0.05) is 40.5 Å². The summed E-state index contributed by atoms with van der Waals surface area (Å²) in [4.78, 5) is 11.3. The van der Waals surface area contributed by atoms with Crippen molar-refractivity contribution in [3.05, 3.63) is 58.1 Å². The van der Waals surface area contributed by atoms with Gasteiger partial charge in [0.2, 0.25) is 5.91 Å². The number of nitrogens with one attached hydrogen (secondary N) is 1. The van der Waals surface area contributed by atoms with Crippen LogP contribution in [0.15, 0.2) is 47.6 Å². The fourth-order valence-corrected chi connectivity index (χ4v) is 4.18. The normalized spacial score (nSPS) is 10.8. The van der Waals surface area contributed by atoms with Gasteiger partial charge in [0.05, 0.1) is 0 Å². The first-order valence-electron chi connectivity index (χ1n) is 8.36. The number of benzene rings is 2. The lowest BCUT2D eigenvalue weighted by Crippen LogP contribution is -2.06. The Labute approximate surface area is 172 Å². The van der Waals surface area contributed by atoms with Crippen molar-refractivity contribution in [3.63, 3.8) is 0 Å². The van der Waals surface area contributed by atoms with Crippen LogP contribution >= 0.6 is 35.0 Å². The lowest BCUT2D eigenvalue weighted by molar-refractivity contribution is -0.114. The van der Waals surface area contributed by atoms with Crippen LogP contribution in [0, 0.1) is 0 Å². The molecule has 0 bridgehead atoms. The quantitative estimate of drug-likeness (QED) is 0.533.